The zero-order valence-corrected chi connectivity index (χ0v) is 12.6. The lowest BCUT2D eigenvalue weighted by atomic mass is 10.1. The van der Waals surface area contributed by atoms with E-state index in [2.05, 4.69) is 43.9 Å². The minimum absolute atomic E-state index is 0.382. The molecule has 3 nitrogen and oxygen atoms in total. The van der Waals surface area contributed by atoms with Crippen LogP contribution in [0.15, 0.2) is 54.6 Å². The number of rotatable bonds is 4. The molecular weight excluding hydrogens is 262 g/mol. The Morgan fingerprint density at radius 3 is 2.33 bits per heavy atom. The van der Waals surface area contributed by atoms with Gasteiger partial charge in [-0.2, -0.15) is 0 Å². The molecule has 3 heteroatoms. The van der Waals surface area contributed by atoms with Crippen molar-refractivity contribution in [3.8, 4) is 5.75 Å². The van der Waals surface area contributed by atoms with Crippen molar-refractivity contribution in [3.05, 3.63) is 65.7 Å². The van der Waals surface area contributed by atoms with Gasteiger partial charge in [0.15, 0.2) is 0 Å². The highest BCUT2D eigenvalue weighted by Crippen LogP contribution is 2.23. The summed E-state index contributed by atoms with van der Waals surface area (Å²) < 4.78 is 5.15. The SMILES string of the molecule is C=C(C)C(=O)Oc1ccc(Nc2ccc(C)cc2C)cc1. The van der Waals surface area contributed by atoms with Crippen LogP contribution in [0.3, 0.4) is 0 Å². The molecule has 108 valence electrons. The Hall–Kier alpha value is -2.55. The lowest BCUT2D eigenvalue weighted by Crippen LogP contribution is -2.08. The van der Waals surface area contributed by atoms with Crippen LogP contribution in [-0.2, 0) is 4.79 Å². The van der Waals surface area contributed by atoms with Gasteiger partial charge in [0.05, 0.1) is 0 Å². The van der Waals surface area contributed by atoms with Gasteiger partial charge in [0, 0.05) is 16.9 Å². The Bertz CT molecular complexity index is 672. The van der Waals surface area contributed by atoms with Crippen molar-refractivity contribution in [3.63, 3.8) is 0 Å². The average molecular weight is 281 g/mol. The van der Waals surface area contributed by atoms with Crippen LogP contribution in [0, 0.1) is 13.8 Å². The molecule has 0 bridgehead atoms. The molecule has 0 saturated carbocycles. The maximum atomic E-state index is 11.4. The van der Waals surface area contributed by atoms with Crippen LogP contribution >= 0.6 is 0 Å². The van der Waals surface area contributed by atoms with Gasteiger partial charge in [-0.25, -0.2) is 4.79 Å². The Kier molecular flexibility index (Phi) is 4.43. The first-order chi connectivity index (χ1) is 9.95. The highest BCUT2D eigenvalue weighted by molar-refractivity contribution is 5.88. The van der Waals surface area contributed by atoms with E-state index in [1.807, 2.05) is 12.1 Å². The molecule has 0 aliphatic carbocycles. The molecular formula is C18H19NO2. The summed E-state index contributed by atoms with van der Waals surface area (Å²) in [6.45, 7) is 9.32. The van der Waals surface area contributed by atoms with E-state index in [-0.39, 0.29) is 0 Å². The van der Waals surface area contributed by atoms with Crippen LogP contribution in [-0.4, -0.2) is 5.97 Å². The summed E-state index contributed by atoms with van der Waals surface area (Å²) in [6.07, 6.45) is 0. The zero-order chi connectivity index (χ0) is 15.4. The summed E-state index contributed by atoms with van der Waals surface area (Å²) in [6, 6.07) is 13.5. The van der Waals surface area contributed by atoms with Crippen LogP contribution in [0.5, 0.6) is 5.75 Å². The van der Waals surface area contributed by atoms with E-state index in [0.29, 0.717) is 11.3 Å². The summed E-state index contributed by atoms with van der Waals surface area (Å²) in [5.74, 6) is 0.0965. The second-order valence-electron chi connectivity index (χ2n) is 5.14. The summed E-state index contributed by atoms with van der Waals surface area (Å²) in [5.41, 5.74) is 4.81. The van der Waals surface area contributed by atoms with Crippen molar-refractivity contribution in [2.45, 2.75) is 20.8 Å². The van der Waals surface area contributed by atoms with Crippen LogP contribution in [0.1, 0.15) is 18.1 Å². The number of hydrogen-bond acceptors (Lipinski definition) is 3. The summed E-state index contributed by atoms with van der Waals surface area (Å²) in [5, 5.41) is 3.34. The Balaban J connectivity index is 2.09. The number of esters is 1. The largest absolute Gasteiger partial charge is 0.423 e. The number of anilines is 2. The smallest absolute Gasteiger partial charge is 0.338 e. The molecule has 2 aromatic carbocycles. The molecule has 1 N–H and O–H groups in total. The first-order valence-corrected chi connectivity index (χ1v) is 6.78. The molecule has 0 aromatic heterocycles. The summed E-state index contributed by atoms with van der Waals surface area (Å²) in [4.78, 5) is 11.4. The number of nitrogens with one attached hydrogen (secondary N) is 1. The molecule has 0 saturated heterocycles. The van der Waals surface area contributed by atoms with E-state index in [1.165, 1.54) is 11.1 Å². The molecule has 0 unspecified atom stereocenters. The Morgan fingerprint density at radius 1 is 1.10 bits per heavy atom. The first kappa shape index (κ1) is 14.9. The maximum Gasteiger partial charge on any atom is 0.338 e. The summed E-state index contributed by atoms with van der Waals surface area (Å²) in [7, 11) is 0. The van der Waals surface area contributed by atoms with Crippen molar-refractivity contribution < 1.29 is 9.53 Å². The van der Waals surface area contributed by atoms with Crippen LogP contribution in [0.25, 0.3) is 0 Å². The van der Waals surface area contributed by atoms with Gasteiger partial charge >= 0.3 is 5.97 Å². The fourth-order valence-corrected chi connectivity index (χ4v) is 1.91. The molecule has 0 amide bonds. The minimum atomic E-state index is -0.412. The molecule has 0 fully saturated rings. The first-order valence-electron chi connectivity index (χ1n) is 6.78. The van der Waals surface area contributed by atoms with E-state index in [9.17, 15) is 4.79 Å². The number of ether oxygens (including phenoxy) is 1. The van der Waals surface area contributed by atoms with Gasteiger partial charge in [0.1, 0.15) is 5.75 Å². The second-order valence-corrected chi connectivity index (χ2v) is 5.14. The predicted molar refractivity (Wildman–Crippen MR) is 86.1 cm³/mol. The lowest BCUT2D eigenvalue weighted by molar-refractivity contribution is -0.130. The fourth-order valence-electron chi connectivity index (χ4n) is 1.91. The predicted octanol–water partition coefficient (Wildman–Crippen LogP) is 4.53. The van der Waals surface area contributed by atoms with Crippen molar-refractivity contribution in [1.82, 2.24) is 0 Å². The fraction of sp³-hybridized carbons (Fsp3) is 0.167. The van der Waals surface area contributed by atoms with Crippen molar-refractivity contribution in [2.75, 3.05) is 5.32 Å². The van der Waals surface area contributed by atoms with Gasteiger partial charge in [-0.3, -0.25) is 0 Å². The molecule has 21 heavy (non-hydrogen) atoms. The van der Waals surface area contributed by atoms with E-state index >= 15 is 0 Å². The minimum Gasteiger partial charge on any atom is -0.423 e. The quantitative estimate of drug-likeness (QED) is 0.508. The molecule has 0 heterocycles. The highest BCUT2D eigenvalue weighted by Gasteiger charge is 2.05. The van der Waals surface area contributed by atoms with Crippen molar-refractivity contribution >= 4 is 17.3 Å². The molecule has 0 atom stereocenters. The molecule has 2 rings (SSSR count). The molecule has 0 aliphatic rings. The van der Waals surface area contributed by atoms with Gasteiger partial charge in [0.25, 0.3) is 0 Å². The lowest BCUT2D eigenvalue weighted by Gasteiger charge is -2.11. The molecule has 0 radical (unpaired) electrons. The van der Waals surface area contributed by atoms with E-state index in [0.717, 1.165) is 11.4 Å². The molecule has 0 aliphatic heterocycles. The van der Waals surface area contributed by atoms with E-state index in [1.54, 1.807) is 19.1 Å². The van der Waals surface area contributed by atoms with Gasteiger partial charge < -0.3 is 10.1 Å². The van der Waals surface area contributed by atoms with Gasteiger partial charge in [-0.15, -0.1) is 0 Å². The van der Waals surface area contributed by atoms with Crippen LogP contribution < -0.4 is 10.1 Å². The third-order valence-electron chi connectivity index (χ3n) is 3.07. The van der Waals surface area contributed by atoms with E-state index < -0.39 is 5.97 Å². The number of benzene rings is 2. The molecule has 0 spiro atoms. The van der Waals surface area contributed by atoms with Gasteiger partial charge in [0.2, 0.25) is 0 Å². The van der Waals surface area contributed by atoms with Crippen molar-refractivity contribution in [2.24, 2.45) is 0 Å². The summed E-state index contributed by atoms with van der Waals surface area (Å²) >= 11 is 0. The topological polar surface area (TPSA) is 38.3 Å². The monoisotopic (exact) mass is 281 g/mol. The van der Waals surface area contributed by atoms with Gasteiger partial charge in [-0.1, -0.05) is 24.3 Å². The van der Waals surface area contributed by atoms with Crippen LogP contribution in [0.4, 0.5) is 11.4 Å². The number of carbonyl (C=O) groups excluding carboxylic acids is 1. The number of aryl methyl sites for hydroxylation is 2. The third kappa shape index (κ3) is 3.96. The second kappa shape index (κ2) is 6.27. The number of carbonyl (C=O) groups is 1. The van der Waals surface area contributed by atoms with Crippen molar-refractivity contribution in [1.29, 1.82) is 0 Å². The third-order valence-corrected chi connectivity index (χ3v) is 3.07. The van der Waals surface area contributed by atoms with Gasteiger partial charge in [-0.05, 0) is 56.7 Å². The average Bonchev–Trinajstić information content (AvgIpc) is 2.43. The number of hydrogen-bond donors (Lipinski definition) is 1. The zero-order valence-electron chi connectivity index (χ0n) is 12.6. The van der Waals surface area contributed by atoms with E-state index in [4.69, 9.17) is 4.74 Å². The normalized spacial score (nSPS) is 10.0. The highest BCUT2D eigenvalue weighted by atomic mass is 16.5. The molecule has 2 aromatic rings. The Labute approximate surface area is 125 Å². The standard InChI is InChI=1S/C18H19NO2/c1-12(2)18(20)21-16-8-6-15(7-9-16)19-17-10-5-13(3)11-14(17)4/h5-11,19H,1H2,2-4H3. The maximum absolute atomic E-state index is 11.4. The van der Waals surface area contributed by atoms with Crippen LogP contribution in [0.2, 0.25) is 0 Å². The Morgan fingerprint density at radius 2 is 1.76 bits per heavy atom.